The van der Waals surface area contributed by atoms with Crippen LogP contribution in [0.4, 0.5) is 0 Å². The van der Waals surface area contributed by atoms with Crippen LogP contribution >= 0.6 is 0 Å². The maximum absolute atomic E-state index is 12.2. The monoisotopic (exact) mass is 290 g/mol. The van der Waals surface area contributed by atoms with Gasteiger partial charge in [0, 0.05) is 6.04 Å². The Morgan fingerprint density at radius 1 is 1.43 bits per heavy atom. The number of hydrogen-bond acceptors (Lipinski definition) is 3. The van der Waals surface area contributed by atoms with E-state index in [1.807, 2.05) is 19.1 Å². The summed E-state index contributed by atoms with van der Waals surface area (Å²) in [6, 6.07) is 7.37. The van der Waals surface area contributed by atoms with Crippen LogP contribution < -0.4 is 10.6 Å². The summed E-state index contributed by atoms with van der Waals surface area (Å²) >= 11 is 0. The van der Waals surface area contributed by atoms with Crippen LogP contribution in [0.2, 0.25) is 0 Å². The van der Waals surface area contributed by atoms with E-state index < -0.39 is 0 Å². The number of benzene rings is 1. The minimum Gasteiger partial charge on any atom is -0.508 e. The van der Waals surface area contributed by atoms with Crippen molar-refractivity contribution >= 4 is 5.91 Å². The van der Waals surface area contributed by atoms with Crippen molar-refractivity contribution in [2.45, 2.75) is 51.6 Å². The maximum Gasteiger partial charge on any atom is 0.237 e. The van der Waals surface area contributed by atoms with Crippen LogP contribution in [-0.2, 0) is 11.2 Å². The molecule has 1 heterocycles. The molecule has 1 aromatic carbocycles. The van der Waals surface area contributed by atoms with Crippen LogP contribution in [0.5, 0.6) is 5.75 Å². The first-order valence-corrected chi connectivity index (χ1v) is 7.86. The molecule has 1 aliphatic rings. The van der Waals surface area contributed by atoms with Crippen molar-refractivity contribution in [1.29, 1.82) is 0 Å². The van der Waals surface area contributed by atoms with E-state index in [2.05, 4.69) is 17.6 Å². The van der Waals surface area contributed by atoms with E-state index in [9.17, 15) is 9.90 Å². The SMILES string of the molecule is CC1CCNC(C(=O)NC(C)CCc2ccc(O)cc2)C1. The summed E-state index contributed by atoms with van der Waals surface area (Å²) in [5.74, 6) is 1.03. The Balaban J connectivity index is 1.74. The average molecular weight is 290 g/mol. The van der Waals surface area contributed by atoms with E-state index in [1.54, 1.807) is 12.1 Å². The van der Waals surface area contributed by atoms with Gasteiger partial charge < -0.3 is 15.7 Å². The topological polar surface area (TPSA) is 61.4 Å². The number of nitrogens with one attached hydrogen (secondary N) is 2. The fourth-order valence-corrected chi connectivity index (χ4v) is 2.77. The van der Waals surface area contributed by atoms with Crippen molar-refractivity contribution in [3.05, 3.63) is 29.8 Å². The second-order valence-corrected chi connectivity index (χ2v) is 6.25. The Kier molecular flexibility index (Phi) is 5.62. The molecule has 1 aliphatic heterocycles. The van der Waals surface area contributed by atoms with E-state index in [-0.39, 0.29) is 23.7 Å². The number of hydrogen-bond donors (Lipinski definition) is 3. The fourth-order valence-electron chi connectivity index (χ4n) is 2.77. The molecule has 21 heavy (non-hydrogen) atoms. The molecule has 2 rings (SSSR count). The first kappa shape index (κ1) is 15.8. The largest absolute Gasteiger partial charge is 0.508 e. The van der Waals surface area contributed by atoms with Gasteiger partial charge >= 0.3 is 0 Å². The highest BCUT2D eigenvalue weighted by Gasteiger charge is 2.25. The normalized spacial score (nSPS) is 23.5. The Morgan fingerprint density at radius 2 is 2.14 bits per heavy atom. The molecule has 3 atom stereocenters. The van der Waals surface area contributed by atoms with E-state index in [1.165, 1.54) is 5.56 Å². The first-order valence-electron chi connectivity index (χ1n) is 7.86. The smallest absolute Gasteiger partial charge is 0.237 e. The van der Waals surface area contributed by atoms with Crippen molar-refractivity contribution < 1.29 is 9.90 Å². The number of aryl methyl sites for hydroxylation is 1. The van der Waals surface area contributed by atoms with Crippen molar-refractivity contribution in [3.8, 4) is 5.75 Å². The minimum atomic E-state index is -0.0372. The zero-order chi connectivity index (χ0) is 15.2. The summed E-state index contributed by atoms with van der Waals surface area (Å²) < 4.78 is 0. The quantitative estimate of drug-likeness (QED) is 0.779. The third kappa shape index (κ3) is 5.05. The third-order valence-electron chi connectivity index (χ3n) is 4.17. The van der Waals surface area contributed by atoms with Crippen molar-refractivity contribution in [2.24, 2.45) is 5.92 Å². The lowest BCUT2D eigenvalue weighted by atomic mass is 9.93. The number of aromatic hydroxyl groups is 1. The molecule has 1 fully saturated rings. The lowest BCUT2D eigenvalue weighted by Gasteiger charge is -2.28. The van der Waals surface area contributed by atoms with E-state index in [4.69, 9.17) is 0 Å². The third-order valence-corrected chi connectivity index (χ3v) is 4.17. The molecule has 1 saturated heterocycles. The Bertz CT molecular complexity index is 458. The standard InChI is InChI=1S/C17H26N2O2/c1-12-9-10-18-16(11-12)17(21)19-13(2)3-4-14-5-7-15(20)8-6-14/h5-8,12-13,16,18,20H,3-4,9-11H2,1-2H3,(H,19,21). The lowest BCUT2D eigenvalue weighted by molar-refractivity contribution is -0.124. The lowest BCUT2D eigenvalue weighted by Crippen LogP contribution is -2.50. The van der Waals surface area contributed by atoms with E-state index in [0.717, 1.165) is 32.2 Å². The highest BCUT2D eigenvalue weighted by molar-refractivity contribution is 5.82. The Labute approximate surface area is 126 Å². The molecule has 4 heteroatoms. The fraction of sp³-hybridized carbons (Fsp3) is 0.588. The maximum atomic E-state index is 12.2. The van der Waals surface area contributed by atoms with Gasteiger partial charge in [-0.25, -0.2) is 0 Å². The first-order chi connectivity index (χ1) is 10.0. The zero-order valence-corrected chi connectivity index (χ0v) is 12.9. The molecule has 0 bridgehead atoms. The van der Waals surface area contributed by atoms with E-state index in [0.29, 0.717) is 5.92 Å². The summed E-state index contributed by atoms with van der Waals surface area (Å²) in [5.41, 5.74) is 1.18. The van der Waals surface area contributed by atoms with Gasteiger partial charge in [-0.2, -0.15) is 0 Å². The van der Waals surface area contributed by atoms with Crippen molar-refractivity contribution in [2.75, 3.05) is 6.54 Å². The molecule has 0 aliphatic carbocycles. The molecule has 3 N–H and O–H groups in total. The minimum absolute atomic E-state index is 0.0372. The zero-order valence-electron chi connectivity index (χ0n) is 12.9. The number of carbonyl (C=O) groups excluding carboxylic acids is 1. The van der Waals surface area contributed by atoms with Gasteiger partial charge in [0.05, 0.1) is 6.04 Å². The highest BCUT2D eigenvalue weighted by Crippen LogP contribution is 2.16. The van der Waals surface area contributed by atoms with Gasteiger partial charge in [-0.1, -0.05) is 19.1 Å². The molecule has 0 aromatic heterocycles. The molecule has 0 spiro atoms. The van der Waals surface area contributed by atoms with Crippen LogP contribution in [0.15, 0.2) is 24.3 Å². The number of amides is 1. The number of phenolic OH excluding ortho intramolecular Hbond substituents is 1. The molecular formula is C17H26N2O2. The highest BCUT2D eigenvalue weighted by atomic mass is 16.3. The Morgan fingerprint density at radius 3 is 2.81 bits per heavy atom. The molecule has 0 radical (unpaired) electrons. The number of rotatable bonds is 5. The Hall–Kier alpha value is -1.55. The second-order valence-electron chi connectivity index (χ2n) is 6.25. The number of piperidine rings is 1. The van der Waals surface area contributed by atoms with E-state index >= 15 is 0 Å². The molecule has 116 valence electrons. The predicted octanol–water partition coefficient (Wildman–Crippen LogP) is 2.22. The summed E-state index contributed by atoms with van der Waals surface area (Å²) in [4.78, 5) is 12.2. The van der Waals surface area contributed by atoms with Gasteiger partial charge in [0.1, 0.15) is 5.75 Å². The van der Waals surface area contributed by atoms with Crippen LogP contribution in [0.25, 0.3) is 0 Å². The van der Waals surface area contributed by atoms with Gasteiger partial charge in [0.25, 0.3) is 0 Å². The molecule has 0 saturated carbocycles. The van der Waals surface area contributed by atoms with Crippen LogP contribution in [0.1, 0.15) is 38.7 Å². The van der Waals surface area contributed by atoms with Crippen molar-refractivity contribution in [3.63, 3.8) is 0 Å². The molecular weight excluding hydrogens is 264 g/mol. The van der Waals surface area contributed by atoms with Crippen LogP contribution in [-0.4, -0.2) is 29.6 Å². The van der Waals surface area contributed by atoms with Gasteiger partial charge in [0.15, 0.2) is 0 Å². The number of carbonyl (C=O) groups is 1. The van der Waals surface area contributed by atoms with Crippen molar-refractivity contribution in [1.82, 2.24) is 10.6 Å². The predicted molar refractivity (Wildman–Crippen MR) is 84.2 cm³/mol. The van der Waals surface area contributed by atoms with Gasteiger partial charge in [-0.05, 0) is 62.8 Å². The summed E-state index contributed by atoms with van der Waals surface area (Å²) in [6.45, 7) is 5.18. The van der Waals surface area contributed by atoms with Gasteiger partial charge in [0.2, 0.25) is 5.91 Å². The second kappa shape index (κ2) is 7.46. The summed E-state index contributed by atoms with van der Waals surface area (Å²) in [5, 5.41) is 15.7. The molecule has 1 aromatic rings. The molecule has 1 amide bonds. The summed E-state index contributed by atoms with van der Waals surface area (Å²) in [7, 11) is 0. The van der Waals surface area contributed by atoms with Crippen LogP contribution in [0.3, 0.4) is 0 Å². The van der Waals surface area contributed by atoms with Gasteiger partial charge in [-0.15, -0.1) is 0 Å². The average Bonchev–Trinajstić information content (AvgIpc) is 2.46. The van der Waals surface area contributed by atoms with Gasteiger partial charge in [-0.3, -0.25) is 4.79 Å². The summed E-state index contributed by atoms with van der Waals surface area (Å²) in [6.07, 6.45) is 3.88. The number of phenols is 1. The molecule has 3 unspecified atom stereocenters. The molecule has 4 nitrogen and oxygen atoms in total. The van der Waals surface area contributed by atoms with Crippen LogP contribution in [0, 0.1) is 5.92 Å².